The Bertz CT molecular complexity index is 167. The minimum absolute atomic E-state index is 0.295. The number of rotatable bonds is 4. The Kier molecular flexibility index (Phi) is 5.34. The molecular formula is C11H18OS. The van der Waals surface area contributed by atoms with Crippen LogP contribution in [0.1, 0.15) is 38.5 Å². The van der Waals surface area contributed by atoms with E-state index in [2.05, 4.69) is 5.92 Å². The van der Waals surface area contributed by atoms with E-state index in [0.29, 0.717) is 6.42 Å². The Morgan fingerprint density at radius 3 is 2.69 bits per heavy atom. The van der Waals surface area contributed by atoms with Gasteiger partial charge in [0, 0.05) is 17.4 Å². The lowest BCUT2D eigenvalue weighted by Gasteiger charge is -2.21. The predicted molar refractivity (Wildman–Crippen MR) is 58.8 cm³/mol. The van der Waals surface area contributed by atoms with Crippen molar-refractivity contribution in [1.82, 2.24) is 0 Å². The van der Waals surface area contributed by atoms with Crippen LogP contribution in [0.15, 0.2) is 0 Å². The van der Waals surface area contributed by atoms with Gasteiger partial charge < -0.3 is 5.11 Å². The largest absolute Gasteiger partial charge is 0.391 e. The van der Waals surface area contributed by atoms with Crippen molar-refractivity contribution >= 4 is 11.8 Å². The van der Waals surface area contributed by atoms with Gasteiger partial charge in [0.15, 0.2) is 0 Å². The van der Waals surface area contributed by atoms with Crippen LogP contribution in [0.5, 0.6) is 0 Å². The van der Waals surface area contributed by atoms with Crippen LogP contribution in [0.25, 0.3) is 0 Å². The summed E-state index contributed by atoms with van der Waals surface area (Å²) in [6.07, 6.45) is 12.1. The maximum absolute atomic E-state index is 9.42. The second-order valence-corrected chi connectivity index (χ2v) is 4.99. The SMILES string of the molecule is C#CCC(O)CSC1CCCCC1. The zero-order chi connectivity index (χ0) is 9.52. The Hall–Kier alpha value is -0.130. The fourth-order valence-electron chi connectivity index (χ4n) is 1.67. The van der Waals surface area contributed by atoms with Crippen LogP contribution in [-0.4, -0.2) is 22.2 Å². The van der Waals surface area contributed by atoms with Crippen molar-refractivity contribution in [3.05, 3.63) is 0 Å². The molecular weight excluding hydrogens is 180 g/mol. The van der Waals surface area contributed by atoms with Crippen LogP contribution in [0.4, 0.5) is 0 Å². The van der Waals surface area contributed by atoms with Gasteiger partial charge in [0.05, 0.1) is 6.10 Å². The van der Waals surface area contributed by atoms with Crippen molar-refractivity contribution in [2.45, 2.75) is 49.9 Å². The Morgan fingerprint density at radius 2 is 2.08 bits per heavy atom. The Morgan fingerprint density at radius 1 is 1.38 bits per heavy atom. The van der Waals surface area contributed by atoms with Gasteiger partial charge in [0.1, 0.15) is 0 Å². The van der Waals surface area contributed by atoms with Crippen LogP contribution in [0.2, 0.25) is 0 Å². The maximum Gasteiger partial charge on any atom is 0.0739 e. The summed E-state index contributed by atoms with van der Waals surface area (Å²) in [5, 5.41) is 10.2. The molecule has 1 fully saturated rings. The van der Waals surface area contributed by atoms with Crippen molar-refractivity contribution in [2.24, 2.45) is 0 Å². The number of aliphatic hydroxyl groups excluding tert-OH is 1. The van der Waals surface area contributed by atoms with E-state index in [1.807, 2.05) is 11.8 Å². The molecule has 0 radical (unpaired) electrons. The van der Waals surface area contributed by atoms with E-state index in [1.165, 1.54) is 32.1 Å². The minimum Gasteiger partial charge on any atom is -0.391 e. The zero-order valence-corrected chi connectivity index (χ0v) is 8.85. The molecule has 1 rings (SSSR count). The first-order valence-electron chi connectivity index (χ1n) is 5.06. The van der Waals surface area contributed by atoms with Crippen molar-refractivity contribution in [2.75, 3.05) is 5.75 Å². The highest BCUT2D eigenvalue weighted by atomic mass is 32.2. The zero-order valence-electron chi connectivity index (χ0n) is 8.04. The van der Waals surface area contributed by atoms with Crippen molar-refractivity contribution in [1.29, 1.82) is 0 Å². The highest BCUT2D eigenvalue weighted by Crippen LogP contribution is 2.28. The first-order chi connectivity index (χ1) is 6.33. The molecule has 0 spiro atoms. The van der Waals surface area contributed by atoms with E-state index in [1.54, 1.807) is 0 Å². The molecule has 0 bridgehead atoms. The molecule has 1 atom stereocenters. The molecule has 1 N–H and O–H groups in total. The third-order valence-corrected chi connectivity index (χ3v) is 3.95. The van der Waals surface area contributed by atoms with Gasteiger partial charge in [-0.25, -0.2) is 0 Å². The van der Waals surface area contributed by atoms with Gasteiger partial charge in [-0.15, -0.1) is 12.3 Å². The van der Waals surface area contributed by atoms with Crippen LogP contribution >= 0.6 is 11.8 Å². The van der Waals surface area contributed by atoms with Gasteiger partial charge >= 0.3 is 0 Å². The van der Waals surface area contributed by atoms with E-state index >= 15 is 0 Å². The molecule has 13 heavy (non-hydrogen) atoms. The van der Waals surface area contributed by atoms with Gasteiger partial charge in [-0.2, -0.15) is 11.8 Å². The van der Waals surface area contributed by atoms with E-state index < -0.39 is 0 Å². The smallest absolute Gasteiger partial charge is 0.0739 e. The van der Waals surface area contributed by atoms with Crippen LogP contribution in [0, 0.1) is 12.3 Å². The average Bonchev–Trinajstić information content (AvgIpc) is 2.17. The lowest BCUT2D eigenvalue weighted by atomic mass is 10.0. The second-order valence-electron chi connectivity index (χ2n) is 3.66. The minimum atomic E-state index is -0.295. The highest BCUT2D eigenvalue weighted by Gasteiger charge is 2.14. The summed E-state index contributed by atoms with van der Waals surface area (Å²) in [5.41, 5.74) is 0. The molecule has 0 aromatic rings. The lowest BCUT2D eigenvalue weighted by Crippen LogP contribution is -2.15. The molecule has 0 heterocycles. The van der Waals surface area contributed by atoms with Gasteiger partial charge in [0.2, 0.25) is 0 Å². The summed E-state index contributed by atoms with van der Waals surface area (Å²) in [6, 6.07) is 0. The normalized spacial score (nSPS) is 20.9. The topological polar surface area (TPSA) is 20.2 Å². The summed E-state index contributed by atoms with van der Waals surface area (Å²) in [5.74, 6) is 3.31. The molecule has 2 heteroatoms. The van der Waals surface area contributed by atoms with E-state index in [0.717, 1.165) is 11.0 Å². The van der Waals surface area contributed by atoms with Crippen molar-refractivity contribution in [3.63, 3.8) is 0 Å². The summed E-state index contributed by atoms with van der Waals surface area (Å²) >= 11 is 1.90. The van der Waals surface area contributed by atoms with Crippen LogP contribution in [0.3, 0.4) is 0 Å². The fourth-order valence-corrected chi connectivity index (χ4v) is 2.95. The summed E-state index contributed by atoms with van der Waals surface area (Å²) in [4.78, 5) is 0. The number of aliphatic hydroxyl groups is 1. The Labute approximate surface area is 85.3 Å². The van der Waals surface area contributed by atoms with Crippen LogP contribution in [-0.2, 0) is 0 Å². The first-order valence-corrected chi connectivity index (χ1v) is 6.11. The number of hydrogen-bond donors (Lipinski definition) is 1. The third-order valence-electron chi connectivity index (χ3n) is 2.43. The second kappa shape index (κ2) is 6.34. The molecule has 0 aliphatic heterocycles. The van der Waals surface area contributed by atoms with Crippen molar-refractivity contribution < 1.29 is 5.11 Å². The average molecular weight is 198 g/mol. The summed E-state index contributed by atoms with van der Waals surface area (Å²) in [6.45, 7) is 0. The third kappa shape index (κ3) is 4.59. The molecule has 1 aliphatic carbocycles. The van der Waals surface area contributed by atoms with Gasteiger partial charge in [-0.1, -0.05) is 19.3 Å². The number of thioether (sulfide) groups is 1. The summed E-state index contributed by atoms with van der Waals surface area (Å²) in [7, 11) is 0. The Balaban J connectivity index is 2.07. The standard InChI is InChI=1S/C11H18OS/c1-2-6-10(12)9-13-11-7-4-3-5-8-11/h1,10-12H,3-9H2. The van der Waals surface area contributed by atoms with E-state index in [-0.39, 0.29) is 6.10 Å². The van der Waals surface area contributed by atoms with Gasteiger partial charge in [-0.05, 0) is 12.8 Å². The molecule has 1 aliphatic rings. The molecule has 0 aromatic carbocycles. The predicted octanol–water partition coefficient (Wildman–Crippen LogP) is 2.44. The molecule has 1 unspecified atom stereocenters. The van der Waals surface area contributed by atoms with Gasteiger partial charge in [-0.3, -0.25) is 0 Å². The molecule has 0 amide bonds. The monoisotopic (exact) mass is 198 g/mol. The number of hydrogen-bond acceptors (Lipinski definition) is 2. The first kappa shape index (κ1) is 10.9. The number of terminal acetylenes is 1. The highest BCUT2D eigenvalue weighted by molar-refractivity contribution is 7.99. The summed E-state index contributed by atoms with van der Waals surface area (Å²) < 4.78 is 0. The van der Waals surface area contributed by atoms with E-state index in [4.69, 9.17) is 6.42 Å². The molecule has 74 valence electrons. The lowest BCUT2D eigenvalue weighted by molar-refractivity contribution is 0.205. The maximum atomic E-state index is 9.42. The van der Waals surface area contributed by atoms with Gasteiger partial charge in [0.25, 0.3) is 0 Å². The molecule has 0 saturated heterocycles. The fraction of sp³-hybridized carbons (Fsp3) is 0.818. The quantitative estimate of drug-likeness (QED) is 0.700. The molecule has 0 aromatic heterocycles. The molecule has 1 saturated carbocycles. The molecule has 1 nitrogen and oxygen atoms in total. The van der Waals surface area contributed by atoms with Crippen LogP contribution < -0.4 is 0 Å². The van der Waals surface area contributed by atoms with E-state index in [9.17, 15) is 5.11 Å². The van der Waals surface area contributed by atoms with Crippen molar-refractivity contribution in [3.8, 4) is 12.3 Å².